The van der Waals surface area contributed by atoms with Gasteiger partial charge in [-0.2, -0.15) is 0 Å². The van der Waals surface area contributed by atoms with Crippen molar-refractivity contribution >= 4 is 65.2 Å². The van der Waals surface area contributed by atoms with E-state index in [1.807, 2.05) is 48.8 Å². The maximum Gasteiger partial charge on any atom is 0.137 e. The molecule has 98 heavy (non-hydrogen) atoms. The van der Waals surface area contributed by atoms with Gasteiger partial charge in [-0.1, -0.05) is 276 Å². The minimum atomic E-state index is -0.104. The quantitative estimate of drug-likeness (QED) is 0.149. The molecule has 0 saturated carbocycles. The van der Waals surface area contributed by atoms with E-state index in [1.54, 1.807) is 0 Å². The molecule has 2 aliphatic rings. The minimum Gasteiger partial charge on any atom is -0.306 e. The van der Waals surface area contributed by atoms with Gasteiger partial charge in [0.05, 0.1) is 11.4 Å². The van der Waals surface area contributed by atoms with Crippen LogP contribution in [0.1, 0.15) is 49.9 Å². The molecule has 0 aliphatic heterocycles. The highest BCUT2D eigenvalue weighted by Gasteiger charge is 2.38. The van der Waals surface area contributed by atoms with Crippen molar-refractivity contribution in [3.63, 3.8) is 0 Å². The first kappa shape index (κ1) is 57.2. The van der Waals surface area contributed by atoms with E-state index in [0.717, 1.165) is 33.8 Å². The molecule has 0 unspecified atom stereocenters. The molecular weight excluding hydrogens is 1190 g/mol. The summed E-state index contributed by atoms with van der Waals surface area (Å²) in [5.74, 6) is 0. The van der Waals surface area contributed by atoms with Crippen LogP contribution in [0.2, 0.25) is 0 Å². The Labute approximate surface area is 569 Å². The maximum atomic E-state index is 4.89. The SMILES string of the molecule is CC1(C)c2ccccc2-c2cc3c(-c4ccc(-c5ccccc5)cc4)c4ccccc4c(-c4ccc(-c5cn6ccccc6n5)cc4)c3cc21.CC1(C)c2ccccc2-c2cc3c(-c4ccc5ccccc5c4)c4ccccc4c(-c4ccc(-c5cn6ccccc6n5)cc4)c3cc21. The Hall–Kier alpha value is -12.2. The van der Waals surface area contributed by atoms with Gasteiger partial charge >= 0.3 is 0 Å². The Morgan fingerprint density at radius 2 is 0.582 bits per heavy atom. The fourth-order valence-electron chi connectivity index (χ4n) is 16.6. The summed E-state index contributed by atoms with van der Waals surface area (Å²) in [7, 11) is 0. The zero-order valence-corrected chi connectivity index (χ0v) is 55.0. The fourth-order valence-corrected chi connectivity index (χ4v) is 16.6. The average Bonchev–Trinajstić information content (AvgIpc) is 1.36. The molecule has 4 heterocycles. The number of aromatic nitrogens is 4. The highest BCUT2D eigenvalue weighted by molar-refractivity contribution is 6.24. The predicted octanol–water partition coefficient (Wildman–Crippen LogP) is 24.7. The second kappa shape index (κ2) is 22.2. The van der Waals surface area contributed by atoms with Crippen LogP contribution in [0.4, 0.5) is 0 Å². The van der Waals surface area contributed by atoms with Crippen LogP contribution in [0.3, 0.4) is 0 Å². The molecule has 0 radical (unpaired) electrons. The first-order chi connectivity index (χ1) is 48.1. The number of hydrogen-bond acceptors (Lipinski definition) is 2. The summed E-state index contributed by atoms with van der Waals surface area (Å²) < 4.78 is 4.16. The molecular formula is C94H66N4. The summed E-state index contributed by atoms with van der Waals surface area (Å²) in [6.07, 6.45) is 8.31. The summed E-state index contributed by atoms with van der Waals surface area (Å²) in [5, 5.41) is 12.7. The van der Waals surface area contributed by atoms with Gasteiger partial charge in [0.15, 0.2) is 0 Å². The van der Waals surface area contributed by atoms with Crippen LogP contribution >= 0.6 is 0 Å². The van der Waals surface area contributed by atoms with Gasteiger partial charge in [-0.25, -0.2) is 9.97 Å². The molecule has 0 spiro atoms. The fraction of sp³-hybridized carbons (Fsp3) is 0.0638. The molecule has 0 N–H and O–H groups in total. The standard InChI is InChI=1S/C48H34N2.C46H32N2/c1-48(2)42-17-9-8-14-36(42)39-28-40-41(29-43(39)48)47(35-25-21-33(22-26-35)44-30-50-27-11-10-18-45(50)49-44)38-16-7-6-15-37(38)46(40)34-23-19-32(20-24-34)31-12-4-3-5-13-31;1-46(2)40-16-8-7-13-34(40)37-26-38-39(27-41(37)46)44(31-21-19-30(20-22-31)42-28-48-24-10-9-17-43(48)47-42)35-14-5-6-15-36(35)45(38)33-23-18-29-11-3-4-12-32(29)25-33/h3-30H,1-2H3;3-28H,1-2H3. The molecule has 462 valence electrons. The molecule has 2 aliphatic carbocycles. The molecule has 0 atom stereocenters. The number of nitrogens with zero attached hydrogens (tertiary/aromatic N) is 4. The van der Waals surface area contributed by atoms with Crippen LogP contribution in [-0.4, -0.2) is 18.8 Å². The molecule has 4 heteroatoms. The van der Waals surface area contributed by atoms with E-state index in [4.69, 9.17) is 9.97 Å². The molecule has 14 aromatic carbocycles. The topological polar surface area (TPSA) is 34.6 Å². The van der Waals surface area contributed by atoms with Crippen molar-refractivity contribution in [1.82, 2.24) is 18.8 Å². The third-order valence-electron chi connectivity index (χ3n) is 21.4. The molecule has 0 bridgehead atoms. The lowest BCUT2D eigenvalue weighted by Gasteiger charge is -2.24. The van der Waals surface area contributed by atoms with Gasteiger partial charge in [-0.3, -0.25) is 0 Å². The van der Waals surface area contributed by atoms with Crippen molar-refractivity contribution in [2.45, 2.75) is 38.5 Å². The maximum absolute atomic E-state index is 4.89. The first-order valence-electron chi connectivity index (χ1n) is 34.1. The molecule has 20 rings (SSSR count). The van der Waals surface area contributed by atoms with Crippen molar-refractivity contribution in [1.29, 1.82) is 0 Å². The average molecular weight is 1250 g/mol. The van der Waals surface area contributed by atoms with E-state index in [9.17, 15) is 0 Å². The third kappa shape index (κ3) is 9.05. The summed E-state index contributed by atoms with van der Waals surface area (Å²) in [5.41, 5.74) is 29.3. The molecule has 0 fully saturated rings. The molecule has 4 nitrogen and oxygen atoms in total. The lowest BCUT2D eigenvalue weighted by Crippen LogP contribution is -2.14. The Bertz CT molecular complexity index is 6200. The molecule has 18 aromatic rings. The lowest BCUT2D eigenvalue weighted by atomic mass is 9.79. The first-order valence-corrected chi connectivity index (χ1v) is 34.1. The Kier molecular flexibility index (Phi) is 12.9. The summed E-state index contributed by atoms with van der Waals surface area (Å²) in [6.45, 7) is 9.49. The van der Waals surface area contributed by atoms with Gasteiger partial charge in [0.1, 0.15) is 11.3 Å². The zero-order valence-electron chi connectivity index (χ0n) is 55.0. The van der Waals surface area contributed by atoms with E-state index in [0.29, 0.717) is 0 Å². The minimum absolute atomic E-state index is 0.0981. The lowest BCUT2D eigenvalue weighted by molar-refractivity contribution is 0.661. The summed E-state index contributed by atoms with van der Waals surface area (Å²) >= 11 is 0. The Morgan fingerprint density at radius 3 is 1.04 bits per heavy atom. The summed E-state index contributed by atoms with van der Waals surface area (Å²) in [4.78, 5) is 9.78. The van der Waals surface area contributed by atoms with Crippen LogP contribution in [-0.2, 0) is 10.8 Å². The van der Waals surface area contributed by atoms with Crippen molar-refractivity contribution in [3.05, 3.63) is 350 Å². The van der Waals surface area contributed by atoms with Gasteiger partial charge in [0.25, 0.3) is 0 Å². The van der Waals surface area contributed by atoms with E-state index < -0.39 is 0 Å². The predicted molar refractivity (Wildman–Crippen MR) is 411 cm³/mol. The number of fused-ring (bicyclic) bond motifs is 13. The van der Waals surface area contributed by atoms with Gasteiger partial charge in [-0.15, -0.1) is 0 Å². The third-order valence-corrected chi connectivity index (χ3v) is 21.4. The van der Waals surface area contributed by atoms with E-state index >= 15 is 0 Å². The van der Waals surface area contributed by atoms with E-state index in [1.165, 1.54) is 154 Å². The van der Waals surface area contributed by atoms with Crippen molar-refractivity contribution in [2.24, 2.45) is 0 Å². The smallest absolute Gasteiger partial charge is 0.137 e. The second-order valence-corrected chi connectivity index (χ2v) is 27.7. The monoisotopic (exact) mass is 1250 g/mol. The number of hydrogen-bond donors (Lipinski definition) is 0. The molecule has 0 saturated heterocycles. The van der Waals surface area contributed by atoms with Crippen LogP contribution in [0.25, 0.3) is 166 Å². The van der Waals surface area contributed by atoms with Crippen LogP contribution in [0.5, 0.6) is 0 Å². The van der Waals surface area contributed by atoms with Crippen molar-refractivity contribution < 1.29 is 0 Å². The van der Waals surface area contributed by atoms with Gasteiger partial charge in [0, 0.05) is 46.7 Å². The number of benzene rings is 14. The highest BCUT2D eigenvalue weighted by Crippen LogP contribution is 2.56. The van der Waals surface area contributed by atoms with Gasteiger partial charge < -0.3 is 8.80 Å². The van der Waals surface area contributed by atoms with Crippen LogP contribution < -0.4 is 0 Å². The van der Waals surface area contributed by atoms with Crippen molar-refractivity contribution in [3.8, 4) is 100 Å². The van der Waals surface area contributed by atoms with E-state index in [-0.39, 0.29) is 10.8 Å². The highest BCUT2D eigenvalue weighted by atomic mass is 15.0. The Balaban J connectivity index is 0.000000137. The molecule has 0 amide bonds. The van der Waals surface area contributed by atoms with Gasteiger partial charge in [0.2, 0.25) is 0 Å². The van der Waals surface area contributed by atoms with Crippen LogP contribution in [0, 0.1) is 0 Å². The molecule has 4 aromatic heterocycles. The number of rotatable bonds is 7. The van der Waals surface area contributed by atoms with Crippen LogP contribution in [0.15, 0.2) is 328 Å². The zero-order chi connectivity index (χ0) is 65.4. The van der Waals surface area contributed by atoms with Gasteiger partial charge in [-0.05, 0) is 209 Å². The van der Waals surface area contributed by atoms with E-state index in [2.05, 4.69) is 316 Å². The number of pyridine rings is 2. The second-order valence-electron chi connectivity index (χ2n) is 27.7. The summed E-state index contributed by atoms with van der Waals surface area (Å²) in [6, 6.07) is 111. The Morgan fingerprint density at radius 1 is 0.235 bits per heavy atom. The van der Waals surface area contributed by atoms with Crippen molar-refractivity contribution in [2.75, 3.05) is 0 Å². The largest absolute Gasteiger partial charge is 0.306 e. The normalized spacial score (nSPS) is 13.3. The number of imidazole rings is 2.